The second-order valence-corrected chi connectivity index (χ2v) is 6.68. The average molecular weight is 345 g/mol. The van der Waals surface area contributed by atoms with E-state index in [1.165, 1.54) is 0 Å². The Bertz CT molecular complexity index is 714. The molecular weight excluding hydrogens is 322 g/mol. The predicted molar refractivity (Wildman–Crippen MR) is 91.5 cm³/mol. The molecule has 0 saturated heterocycles. The standard InChI is InChI=1S/C19H23NO5/c1-10(11-6-7-14(24-2)15(9-11)25-3)20-18(21)16-12-4-5-13(8-12)17(16)19(22)23/h4-7,9-10,12-13,16-17H,8H2,1-3H3,(H,20,21)(H,22,23)/t10-,12-,13-,16-,17-/m0/s1. The molecule has 1 fully saturated rings. The summed E-state index contributed by atoms with van der Waals surface area (Å²) in [5, 5.41) is 12.5. The summed E-state index contributed by atoms with van der Waals surface area (Å²) in [4.78, 5) is 24.3. The Labute approximate surface area is 146 Å². The molecule has 1 aromatic rings. The summed E-state index contributed by atoms with van der Waals surface area (Å²) in [5.41, 5.74) is 0.872. The maximum absolute atomic E-state index is 12.7. The number of benzene rings is 1. The molecule has 1 saturated carbocycles. The highest BCUT2D eigenvalue weighted by Crippen LogP contribution is 2.48. The van der Waals surface area contributed by atoms with Crippen LogP contribution in [0.5, 0.6) is 11.5 Å². The lowest BCUT2D eigenvalue weighted by molar-refractivity contribution is -0.148. The van der Waals surface area contributed by atoms with Crippen molar-refractivity contribution in [3.05, 3.63) is 35.9 Å². The summed E-state index contributed by atoms with van der Waals surface area (Å²) in [6.45, 7) is 1.87. The molecule has 3 rings (SSSR count). The minimum atomic E-state index is -0.893. The monoisotopic (exact) mass is 345 g/mol. The van der Waals surface area contributed by atoms with Crippen LogP contribution in [0.2, 0.25) is 0 Å². The van der Waals surface area contributed by atoms with Gasteiger partial charge < -0.3 is 19.9 Å². The van der Waals surface area contributed by atoms with Gasteiger partial charge in [-0.3, -0.25) is 9.59 Å². The molecule has 2 aliphatic carbocycles. The van der Waals surface area contributed by atoms with Crippen molar-refractivity contribution in [2.75, 3.05) is 14.2 Å². The minimum absolute atomic E-state index is 0.0173. The summed E-state index contributed by atoms with van der Waals surface area (Å²) >= 11 is 0. The lowest BCUT2D eigenvalue weighted by Crippen LogP contribution is -2.41. The number of hydrogen-bond acceptors (Lipinski definition) is 4. The van der Waals surface area contributed by atoms with E-state index in [2.05, 4.69) is 5.32 Å². The number of allylic oxidation sites excluding steroid dienone is 2. The number of aliphatic carboxylic acids is 1. The lowest BCUT2D eigenvalue weighted by Gasteiger charge is -2.26. The van der Waals surface area contributed by atoms with Gasteiger partial charge in [0.05, 0.1) is 32.1 Å². The number of fused-ring (bicyclic) bond motifs is 2. The van der Waals surface area contributed by atoms with E-state index in [1.807, 2.05) is 31.2 Å². The van der Waals surface area contributed by atoms with E-state index in [0.29, 0.717) is 11.5 Å². The van der Waals surface area contributed by atoms with E-state index >= 15 is 0 Å². The van der Waals surface area contributed by atoms with Crippen LogP contribution in [0.15, 0.2) is 30.4 Å². The Balaban J connectivity index is 1.74. The first-order valence-electron chi connectivity index (χ1n) is 8.39. The molecule has 6 nitrogen and oxygen atoms in total. The molecule has 5 atom stereocenters. The Morgan fingerprint density at radius 3 is 2.36 bits per heavy atom. The summed E-state index contributed by atoms with van der Waals surface area (Å²) < 4.78 is 10.5. The van der Waals surface area contributed by atoms with Gasteiger partial charge in [-0.25, -0.2) is 0 Å². The van der Waals surface area contributed by atoms with E-state index in [4.69, 9.17) is 9.47 Å². The molecule has 2 bridgehead atoms. The normalized spacial score (nSPS) is 27.8. The Hall–Kier alpha value is -2.50. The van der Waals surface area contributed by atoms with Crippen molar-refractivity contribution in [1.82, 2.24) is 5.32 Å². The number of nitrogens with one attached hydrogen (secondary N) is 1. The number of hydrogen-bond donors (Lipinski definition) is 2. The third kappa shape index (κ3) is 3.08. The molecular formula is C19H23NO5. The smallest absolute Gasteiger partial charge is 0.307 e. The Kier molecular flexibility index (Phi) is 4.70. The van der Waals surface area contributed by atoms with E-state index in [9.17, 15) is 14.7 Å². The molecule has 0 unspecified atom stereocenters. The third-order valence-corrected chi connectivity index (χ3v) is 5.31. The summed E-state index contributed by atoms with van der Waals surface area (Å²) in [6, 6.07) is 5.21. The Morgan fingerprint density at radius 1 is 1.12 bits per heavy atom. The number of carbonyl (C=O) groups is 2. The summed E-state index contributed by atoms with van der Waals surface area (Å²) in [5.74, 6) is -1.04. The van der Waals surface area contributed by atoms with Crippen LogP contribution >= 0.6 is 0 Å². The number of methoxy groups -OCH3 is 2. The van der Waals surface area contributed by atoms with Crippen molar-refractivity contribution in [3.8, 4) is 11.5 Å². The molecule has 0 heterocycles. The van der Waals surface area contributed by atoms with Gasteiger partial charge in [0.2, 0.25) is 5.91 Å². The number of carboxylic acid groups (broad SMARTS) is 1. The first-order chi connectivity index (χ1) is 12.0. The fourth-order valence-corrected chi connectivity index (χ4v) is 4.03. The highest BCUT2D eigenvalue weighted by atomic mass is 16.5. The molecule has 2 N–H and O–H groups in total. The first-order valence-corrected chi connectivity index (χ1v) is 8.39. The van der Waals surface area contributed by atoms with Crippen molar-refractivity contribution in [2.45, 2.75) is 19.4 Å². The van der Waals surface area contributed by atoms with Crippen LogP contribution in [0.4, 0.5) is 0 Å². The maximum Gasteiger partial charge on any atom is 0.307 e. The van der Waals surface area contributed by atoms with Gasteiger partial charge in [-0.15, -0.1) is 0 Å². The van der Waals surface area contributed by atoms with Gasteiger partial charge in [0.25, 0.3) is 0 Å². The van der Waals surface area contributed by atoms with Gasteiger partial charge in [0.1, 0.15) is 0 Å². The van der Waals surface area contributed by atoms with Crippen molar-refractivity contribution in [1.29, 1.82) is 0 Å². The van der Waals surface area contributed by atoms with Crippen LogP contribution in [-0.2, 0) is 9.59 Å². The molecule has 1 aromatic carbocycles. The van der Waals surface area contributed by atoms with E-state index in [0.717, 1.165) is 12.0 Å². The number of amides is 1. The van der Waals surface area contributed by atoms with Crippen LogP contribution in [0.1, 0.15) is 24.9 Å². The predicted octanol–water partition coefficient (Wildman–Crippen LogP) is 2.40. The molecule has 2 aliphatic rings. The van der Waals surface area contributed by atoms with Gasteiger partial charge in [-0.1, -0.05) is 18.2 Å². The van der Waals surface area contributed by atoms with E-state index in [-0.39, 0.29) is 23.8 Å². The molecule has 6 heteroatoms. The van der Waals surface area contributed by atoms with Crippen LogP contribution in [0.3, 0.4) is 0 Å². The van der Waals surface area contributed by atoms with Crippen molar-refractivity contribution in [3.63, 3.8) is 0 Å². The molecule has 134 valence electrons. The SMILES string of the molecule is COc1ccc([C@H](C)NC(=O)[C@@H]2[C@@H](C(=O)O)[C@H]3C=C[C@H]2C3)cc1OC. The van der Waals surface area contributed by atoms with Gasteiger partial charge in [0, 0.05) is 0 Å². The second kappa shape index (κ2) is 6.78. The Morgan fingerprint density at radius 2 is 1.76 bits per heavy atom. The zero-order chi connectivity index (χ0) is 18.1. The molecule has 0 radical (unpaired) electrons. The second-order valence-electron chi connectivity index (χ2n) is 6.68. The highest BCUT2D eigenvalue weighted by molar-refractivity contribution is 5.87. The fraction of sp³-hybridized carbons (Fsp3) is 0.474. The molecule has 1 amide bonds. The average Bonchev–Trinajstić information content (AvgIpc) is 3.22. The van der Waals surface area contributed by atoms with Crippen LogP contribution in [0, 0.1) is 23.7 Å². The van der Waals surface area contributed by atoms with E-state index in [1.54, 1.807) is 20.3 Å². The van der Waals surface area contributed by atoms with Gasteiger partial charge in [-0.05, 0) is 42.9 Å². The van der Waals surface area contributed by atoms with Crippen LogP contribution in [0.25, 0.3) is 0 Å². The number of rotatable bonds is 6. The highest BCUT2D eigenvalue weighted by Gasteiger charge is 2.51. The molecule has 25 heavy (non-hydrogen) atoms. The van der Waals surface area contributed by atoms with Crippen molar-refractivity contribution < 1.29 is 24.2 Å². The largest absolute Gasteiger partial charge is 0.493 e. The summed E-state index contributed by atoms with van der Waals surface area (Å²) in [6.07, 6.45) is 4.67. The zero-order valence-electron chi connectivity index (χ0n) is 14.6. The van der Waals surface area contributed by atoms with E-state index < -0.39 is 17.8 Å². The summed E-state index contributed by atoms with van der Waals surface area (Å²) in [7, 11) is 3.13. The van der Waals surface area contributed by atoms with Gasteiger partial charge in [-0.2, -0.15) is 0 Å². The number of ether oxygens (including phenoxy) is 2. The molecule has 0 aromatic heterocycles. The zero-order valence-corrected chi connectivity index (χ0v) is 14.6. The fourth-order valence-electron chi connectivity index (χ4n) is 4.03. The molecule has 0 aliphatic heterocycles. The molecule has 0 spiro atoms. The number of carboxylic acids is 1. The quantitative estimate of drug-likeness (QED) is 0.774. The maximum atomic E-state index is 12.7. The number of carbonyl (C=O) groups excluding carboxylic acids is 1. The lowest BCUT2D eigenvalue weighted by atomic mass is 9.82. The van der Waals surface area contributed by atoms with Gasteiger partial charge >= 0.3 is 5.97 Å². The third-order valence-electron chi connectivity index (χ3n) is 5.31. The van der Waals surface area contributed by atoms with Crippen LogP contribution < -0.4 is 14.8 Å². The van der Waals surface area contributed by atoms with Crippen molar-refractivity contribution >= 4 is 11.9 Å². The topological polar surface area (TPSA) is 84.9 Å². The first kappa shape index (κ1) is 17.3. The minimum Gasteiger partial charge on any atom is -0.493 e. The van der Waals surface area contributed by atoms with Crippen molar-refractivity contribution in [2.24, 2.45) is 23.7 Å². The van der Waals surface area contributed by atoms with Gasteiger partial charge in [0.15, 0.2) is 11.5 Å². The van der Waals surface area contributed by atoms with Crippen LogP contribution in [-0.4, -0.2) is 31.2 Å².